The molecule has 1 N–H and O–H groups in total. The molecule has 150 valence electrons. The number of nitrogens with one attached hydrogen (secondary N) is 1. The third-order valence-corrected chi connectivity index (χ3v) is 7.60. The first-order chi connectivity index (χ1) is 13.6. The number of esters is 1. The van der Waals surface area contributed by atoms with Gasteiger partial charge in [0.1, 0.15) is 5.75 Å². The monoisotopic (exact) mass is 438 g/mol. The molecule has 0 saturated carbocycles. The molecule has 0 spiro atoms. The average molecular weight is 439 g/mol. The molecule has 1 aromatic carbocycles. The van der Waals surface area contributed by atoms with Crippen LogP contribution in [-0.4, -0.2) is 41.6 Å². The van der Waals surface area contributed by atoms with E-state index in [9.17, 15) is 9.59 Å². The maximum atomic E-state index is 12.1. The molecule has 1 aliphatic heterocycles. The minimum Gasteiger partial charge on any atom is -0.484 e. The molecule has 9 heteroatoms. The van der Waals surface area contributed by atoms with Crippen LogP contribution >= 0.6 is 34.9 Å². The highest BCUT2D eigenvalue weighted by molar-refractivity contribution is 8.16. The number of thiazole rings is 1. The summed E-state index contributed by atoms with van der Waals surface area (Å²) in [7, 11) is 0. The molecule has 1 saturated heterocycles. The summed E-state index contributed by atoms with van der Waals surface area (Å²) in [5.41, 5.74) is 1.86. The normalized spacial score (nSPS) is 14.5. The van der Waals surface area contributed by atoms with E-state index in [0.29, 0.717) is 27.8 Å². The van der Waals surface area contributed by atoms with Crippen molar-refractivity contribution in [1.82, 2.24) is 4.98 Å². The zero-order valence-corrected chi connectivity index (χ0v) is 18.0. The van der Waals surface area contributed by atoms with E-state index in [1.807, 2.05) is 35.7 Å². The van der Waals surface area contributed by atoms with E-state index in [0.717, 1.165) is 0 Å². The number of rotatable bonds is 8. The van der Waals surface area contributed by atoms with E-state index in [4.69, 9.17) is 9.47 Å². The quantitative estimate of drug-likeness (QED) is 0.621. The minimum atomic E-state index is -0.331. The highest BCUT2D eigenvalue weighted by Crippen LogP contribution is 2.43. The van der Waals surface area contributed by atoms with Gasteiger partial charge in [-0.15, -0.1) is 34.9 Å². The molecular weight excluding hydrogens is 416 g/mol. The number of carbonyl (C=O) groups excluding carboxylic acids is 2. The summed E-state index contributed by atoms with van der Waals surface area (Å²) in [6.07, 6.45) is 1.37. The highest BCUT2D eigenvalue weighted by Gasteiger charge is 2.16. The van der Waals surface area contributed by atoms with Crippen molar-refractivity contribution in [3.63, 3.8) is 0 Å². The Hall–Kier alpha value is -1.71. The molecule has 1 amide bonds. The molecule has 0 aliphatic carbocycles. The highest BCUT2D eigenvalue weighted by atomic mass is 32.2. The maximum absolute atomic E-state index is 12.1. The molecule has 28 heavy (non-hydrogen) atoms. The lowest BCUT2D eigenvalue weighted by Gasteiger charge is -2.21. The van der Waals surface area contributed by atoms with Gasteiger partial charge in [-0.3, -0.25) is 14.9 Å². The Balaban J connectivity index is 1.44. The van der Waals surface area contributed by atoms with Crippen LogP contribution in [0.15, 0.2) is 29.6 Å². The second-order valence-electron chi connectivity index (χ2n) is 5.96. The molecule has 0 bridgehead atoms. The van der Waals surface area contributed by atoms with Crippen LogP contribution in [0.1, 0.15) is 29.2 Å². The van der Waals surface area contributed by atoms with Crippen LogP contribution in [0.4, 0.5) is 5.13 Å². The third-order valence-electron chi connectivity index (χ3n) is 3.78. The topological polar surface area (TPSA) is 77.5 Å². The summed E-state index contributed by atoms with van der Waals surface area (Å²) in [5, 5.41) is 4.85. The van der Waals surface area contributed by atoms with Crippen molar-refractivity contribution in [3.05, 3.63) is 40.9 Å². The van der Waals surface area contributed by atoms with Crippen LogP contribution in [0.3, 0.4) is 0 Å². The molecule has 1 aromatic heterocycles. The first-order valence-corrected chi connectivity index (χ1v) is 12.0. The fraction of sp³-hybridized carbons (Fsp3) is 0.421. The Morgan fingerprint density at radius 2 is 1.96 bits per heavy atom. The van der Waals surface area contributed by atoms with Crippen molar-refractivity contribution in [3.8, 4) is 5.75 Å². The molecule has 0 atom stereocenters. The van der Waals surface area contributed by atoms with Crippen LogP contribution in [0, 0.1) is 0 Å². The summed E-state index contributed by atoms with van der Waals surface area (Å²) < 4.78 is 10.9. The number of hydrogen-bond acceptors (Lipinski definition) is 8. The first kappa shape index (κ1) is 21.0. The summed E-state index contributed by atoms with van der Waals surface area (Å²) in [6.45, 7) is 1.99. The van der Waals surface area contributed by atoms with Gasteiger partial charge >= 0.3 is 5.97 Å². The summed E-state index contributed by atoms with van der Waals surface area (Å²) in [5.74, 6) is 2.44. The van der Waals surface area contributed by atoms with Crippen molar-refractivity contribution < 1.29 is 19.1 Å². The Labute approximate surface area is 176 Å². The SMILES string of the molecule is CCOC(=O)Cc1csc(NC(=O)COc2ccc(C3SCCCS3)cc2)n1. The second-order valence-corrected chi connectivity index (χ2v) is 9.54. The zero-order valence-electron chi connectivity index (χ0n) is 15.5. The predicted octanol–water partition coefficient (Wildman–Crippen LogP) is 4.13. The summed E-state index contributed by atoms with van der Waals surface area (Å²) >= 11 is 5.21. The number of hydrogen-bond donors (Lipinski definition) is 1. The average Bonchev–Trinajstić information content (AvgIpc) is 3.14. The van der Waals surface area contributed by atoms with Gasteiger partial charge in [0.15, 0.2) is 11.7 Å². The summed E-state index contributed by atoms with van der Waals surface area (Å²) in [6, 6.07) is 7.93. The Morgan fingerprint density at radius 1 is 1.21 bits per heavy atom. The standard InChI is InChI=1S/C19H22N2O4S3/c1-2-24-17(23)10-14-12-28-19(20-14)21-16(22)11-25-15-6-4-13(5-7-15)18-26-8-3-9-27-18/h4-7,12,18H,2-3,8-11H2,1H3,(H,20,21,22). The minimum absolute atomic E-state index is 0.0978. The molecule has 1 fully saturated rings. The van der Waals surface area contributed by atoms with E-state index < -0.39 is 0 Å². The van der Waals surface area contributed by atoms with Crippen molar-refractivity contribution in [2.45, 2.75) is 24.3 Å². The van der Waals surface area contributed by atoms with Crippen LogP contribution < -0.4 is 10.1 Å². The van der Waals surface area contributed by atoms with Crippen LogP contribution in [-0.2, 0) is 20.7 Å². The van der Waals surface area contributed by atoms with Gasteiger partial charge in [0.2, 0.25) is 0 Å². The Kier molecular flexibility index (Phi) is 8.05. The largest absolute Gasteiger partial charge is 0.484 e. The maximum Gasteiger partial charge on any atom is 0.311 e. The lowest BCUT2D eigenvalue weighted by molar-refractivity contribution is -0.142. The molecule has 2 aromatic rings. The van der Waals surface area contributed by atoms with Crippen molar-refractivity contribution >= 4 is 51.9 Å². The van der Waals surface area contributed by atoms with E-state index >= 15 is 0 Å². The number of anilines is 1. The number of aromatic nitrogens is 1. The van der Waals surface area contributed by atoms with Gasteiger partial charge < -0.3 is 9.47 Å². The van der Waals surface area contributed by atoms with E-state index in [1.54, 1.807) is 12.3 Å². The smallest absolute Gasteiger partial charge is 0.311 e. The van der Waals surface area contributed by atoms with Gasteiger partial charge in [-0.2, -0.15) is 0 Å². The lowest BCUT2D eigenvalue weighted by Crippen LogP contribution is -2.20. The fourth-order valence-electron chi connectivity index (χ4n) is 2.51. The Bertz CT molecular complexity index is 789. The number of carbonyl (C=O) groups is 2. The lowest BCUT2D eigenvalue weighted by atomic mass is 10.2. The molecule has 6 nitrogen and oxygen atoms in total. The molecule has 3 rings (SSSR count). The van der Waals surface area contributed by atoms with Gasteiger partial charge in [0.05, 0.1) is 23.3 Å². The third kappa shape index (κ3) is 6.42. The molecule has 0 unspecified atom stereocenters. The number of nitrogens with zero attached hydrogens (tertiary/aromatic N) is 1. The first-order valence-electron chi connectivity index (χ1n) is 9.00. The van der Waals surface area contributed by atoms with Gasteiger partial charge in [0.25, 0.3) is 5.91 Å². The molecular formula is C19H22N2O4S3. The van der Waals surface area contributed by atoms with Crippen molar-refractivity contribution in [2.75, 3.05) is 30.0 Å². The van der Waals surface area contributed by atoms with E-state index in [2.05, 4.69) is 22.4 Å². The number of amides is 1. The van der Waals surface area contributed by atoms with Gasteiger partial charge in [0, 0.05) is 5.38 Å². The number of ether oxygens (including phenoxy) is 2. The van der Waals surface area contributed by atoms with Gasteiger partial charge in [-0.1, -0.05) is 12.1 Å². The number of thioether (sulfide) groups is 2. The van der Waals surface area contributed by atoms with E-state index in [-0.39, 0.29) is 24.9 Å². The number of benzene rings is 1. The second kappa shape index (κ2) is 10.7. The zero-order chi connectivity index (χ0) is 19.8. The fourth-order valence-corrected chi connectivity index (χ4v) is 6.13. The van der Waals surface area contributed by atoms with Gasteiger partial charge in [-0.05, 0) is 42.5 Å². The molecule has 2 heterocycles. The van der Waals surface area contributed by atoms with Crippen LogP contribution in [0.5, 0.6) is 5.75 Å². The summed E-state index contributed by atoms with van der Waals surface area (Å²) in [4.78, 5) is 27.7. The predicted molar refractivity (Wildman–Crippen MR) is 115 cm³/mol. The molecule has 1 aliphatic rings. The van der Waals surface area contributed by atoms with Gasteiger partial charge in [-0.25, -0.2) is 4.98 Å². The Morgan fingerprint density at radius 3 is 2.68 bits per heavy atom. The van der Waals surface area contributed by atoms with E-state index in [1.165, 1.54) is 34.8 Å². The van der Waals surface area contributed by atoms with Crippen molar-refractivity contribution in [1.29, 1.82) is 0 Å². The molecule has 0 radical (unpaired) electrons. The van der Waals surface area contributed by atoms with Crippen LogP contribution in [0.25, 0.3) is 0 Å². The van der Waals surface area contributed by atoms with Crippen LogP contribution in [0.2, 0.25) is 0 Å². The van der Waals surface area contributed by atoms with Crippen molar-refractivity contribution in [2.24, 2.45) is 0 Å².